The largest absolute Gasteiger partial charge is 0.481 e. The minimum Gasteiger partial charge on any atom is -0.481 e. The SMILES string of the molecule is CCc1nn(C)c(OC)c1CNC(=NCc1ccccc1)NCC(=O)N(C)C.I. The molecule has 0 unspecified atom stereocenters. The highest BCUT2D eigenvalue weighted by Gasteiger charge is 2.16. The van der Waals surface area contributed by atoms with E-state index in [0.29, 0.717) is 19.0 Å². The second kappa shape index (κ2) is 12.3. The first-order valence-corrected chi connectivity index (χ1v) is 9.31. The molecule has 1 aromatic heterocycles. The molecule has 9 heteroatoms. The predicted octanol–water partition coefficient (Wildman–Crippen LogP) is 1.93. The molecule has 0 radical (unpaired) electrons. The van der Waals surface area contributed by atoms with E-state index in [9.17, 15) is 4.79 Å². The molecule has 1 amide bonds. The molecule has 29 heavy (non-hydrogen) atoms. The van der Waals surface area contributed by atoms with Crippen LogP contribution >= 0.6 is 24.0 Å². The quantitative estimate of drug-likeness (QED) is 0.320. The lowest BCUT2D eigenvalue weighted by Gasteiger charge is -2.15. The van der Waals surface area contributed by atoms with E-state index in [1.54, 1.807) is 30.8 Å². The van der Waals surface area contributed by atoms with E-state index in [2.05, 4.69) is 27.6 Å². The van der Waals surface area contributed by atoms with E-state index in [-0.39, 0.29) is 36.4 Å². The Hall–Kier alpha value is -2.30. The third-order valence-corrected chi connectivity index (χ3v) is 4.30. The number of likely N-dealkylation sites (N-methyl/N-ethyl adjacent to an activating group) is 1. The zero-order valence-electron chi connectivity index (χ0n) is 17.7. The number of guanidine groups is 1. The van der Waals surface area contributed by atoms with Gasteiger partial charge < -0.3 is 20.3 Å². The number of aliphatic imine (C=N–C) groups is 1. The summed E-state index contributed by atoms with van der Waals surface area (Å²) in [6.07, 6.45) is 0.803. The van der Waals surface area contributed by atoms with Crippen molar-refractivity contribution in [2.45, 2.75) is 26.4 Å². The number of carbonyl (C=O) groups is 1. The third-order valence-electron chi connectivity index (χ3n) is 4.30. The van der Waals surface area contributed by atoms with Gasteiger partial charge >= 0.3 is 0 Å². The van der Waals surface area contributed by atoms with E-state index in [4.69, 9.17) is 4.74 Å². The van der Waals surface area contributed by atoms with Gasteiger partial charge in [0.15, 0.2) is 5.96 Å². The zero-order chi connectivity index (χ0) is 20.5. The maximum atomic E-state index is 11.9. The van der Waals surface area contributed by atoms with E-state index in [1.807, 2.05) is 37.4 Å². The Morgan fingerprint density at radius 1 is 1.24 bits per heavy atom. The van der Waals surface area contributed by atoms with Crippen LogP contribution in [0.5, 0.6) is 5.88 Å². The van der Waals surface area contributed by atoms with Crippen molar-refractivity contribution in [3.63, 3.8) is 0 Å². The van der Waals surface area contributed by atoms with Gasteiger partial charge in [0.25, 0.3) is 0 Å². The molecule has 2 aromatic rings. The summed E-state index contributed by atoms with van der Waals surface area (Å²) in [5.41, 5.74) is 3.05. The molecule has 0 fully saturated rings. The highest BCUT2D eigenvalue weighted by molar-refractivity contribution is 14.0. The molecule has 2 rings (SSSR count). The Morgan fingerprint density at radius 3 is 2.52 bits per heavy atom. The van der Waals surface area contributed by atoms with Gasteiger partial charge in [0, 0.05) is 21.1 Å². The summed E-state index contributed by atoms with van der Waals surface area (Å²) in [6, 6.07) is 9.97. The first-order valence-electron chi connectivity index (χ1n) is 9.31. The highest BCUT2D eigenvalue weighted by Crippen LogP contribution is 2.21. The van der Waals surface area contributed by atoms with Crippen molar-refractivity contribution in [2.24, 2.45) is 12.0 Å². The minimum atomic E-state index is -0.0255. The smallest absolute Gasteiger partial charge is 0.241 e. The number of aryl methyl sites for hydroxylation is 2. The first-order chi connectivity index (χ1) is 13.5. The summed E-state index contributed by atoms with van der Waals surface area (Å²) >= 11 is 0. The van der Waals surface area contributed by atoms with Gasteiger partial charge in [-0.3, -0.25) is 4.79 Å². The number of nitrogens with zero attached hydrogens (tertiary/aromatic N) is 4. The van der Waals surface area contributed by atoms with E-state index in [1.165, 1.54) is 0 Å². The lowest BCUT2D eigenvalue weighted by Crippen LogP contribution is -2.42. The van der Waals surface area contributed by atoms with E-state index < -0.39 is 0 Å². The van der Waals surface area contributed by atoms with Gasteiger partial charge in [-0.2, -0.15) is 5.10 Å². The van der Waals surface area contributed by atoms with Crippen LogP contribution in [-0.2, 0) is 31.4 Å². The molecule has 2 N–H and O–H groups in total. The molecular formula is C20H31IN6O2. The van der Waals surface area contributed by atoms with Crippen LogP contribution in [-0.4, -0.2) is 54.3 Å². The molecule has 0 aliphatic rings. The van der Waals surface area contributed by atoms with E-state index in [0.717, 1.165) is 29.1 Å². The molecule has 0 aliphatic heterocycles. The van der Waals surface area contributed by atoms with Crippen molar-refractivity contribution in [3.05, 3.63) is 47.2 Å². The van der Waals surface area contributed by atoms with Gasteiger partial charge in [-0.05, 0) is 12.0 Å². The number of carbonyl (C=O) groups excluding carboxylic acids is 1. The molecular weight excluding hydrogens is 483 g/mol. The van der Waals surface area contributed by atoms with Crippen LogP contribution in [0.4, 0.5) is 0 Å². The summed E-state index contributed by atoms with van der Waals surface area (Å²) < 4.78 is 7.23. The normalized spacial score (nSPS) is 10.9. The topological polar surface area (TPSA) is 83.8 Å². The Bertz CT molecular complexity index is 805. The zero-order valence-corrected chi connectivity index (χ0v) is 20.1. The lowest BCUT2D eigenvalue weighted by atomic mass is 10.2. The highest BCUT2D eigenvalue weighted by atomic mass is 127. The number of rotatable bonds is 8. The van der Waals surface area contributed by atoms with Crippen molar-refractivity contribution in [2.75, 3.05) is 27.7 Å². The predicted molar refractivity (Wildman–Crippen MR) is 126 cm³/mol. The Balaban J connectivity index is 0.00000420. The molecule has 0 saturated heterocycles. The molecule has 0 spiro atoms. The van der Waals surface area contributed by atoms with Crippen LogP contribution in [0.1, 0.15) is 23.7 Å². The maximum Gasteiger partial charge on any atom is 0.241 e. The Morgan fingerprint density at radius 2 is 1.93 bits per heavy atom. The minimum absolute atomic E-state index is 0. The number of halogens is 1. The first kappa shape index (κ1) is 24.7. The molecule has 0 atom stereocenters. The second-order valence-corrected chi connectivity index (χ2v) is 6.56. The number of ether oxygens (including phenoxy) is 1. The molecule has 160 valence electrons. The average Bonchev–Trinajstić information content (AvgIpc) is 3.02. The standard InChI is InChI=1S/C20H30N6O2.HI/c1-6-17-16(19(28-5)26(4)24-17)13-22-20(23-14-18(27)25(2)3)21-12-15-10-8-7-9-11-15;/h7-11H,6,12-14H2,1-5H3,(H2,21,22,23);1H. The van der Waals surface area contributed by atoms with Crippen molar-refractivity contribution in [1.29, 1.82) is 0 Å². The van der Waals surface area contributed by atoms with Crippen LogP contribution in [0.2, 0.25) is 0 Å². The summed E-state index contributed by atoms with van der Waals surface area (Å²) in [5, 5.41) is 10.9. The molecule has 0 bridgehead atoms. The maximum absolute atomic E-state index is 11.9. The summed E-state index contributed by atoms with van der Waals surface area (Å²) in [7, 11) is 6.96. The molecule has 0 saturated carbocycles. The number of methoxy groups -OCH3 is 1. The van der Waals surface area contributed by atoms with Crippen LogP contribution in [0.15, 0.2) is 35.3 Å². The number of nitrogens with one attached hydrogen (secondary N) is 2. The number of hydrogen-bond donors (Lipinski definition) is 2. The Labute approximate surface area is 189 Å². The van der Waals surface area contributed by atoms with Crippen LogP contribution < -0.4 is 15.4 Å². The molecule has 0 aliphatic carbocycles. The molecule has 1 aromatic carbocycles. The van der Waals surface area contributed by atoms with Crippen LogP contribution in [0.3, 0.4) is 0 Å². The number of amides is 1. The fourth-order valence-electron chi connectivity index (χ4n) is 2.74. The summed E-state index contributed by atoms with van der Waals surface area (Å²) in [4.78, 5) is 18.1. The van der Waals surface area contributed by atoms with Crippen LogP contribution in [0, 0.1) is 0 Å². The van der Waals surface area contributed by atoms with Gasteiger partial charge in [-0.15, -0.1) is 24.0 Å². The third kappa shape index (κ3) is 7.22. The van der Waals surface area contributed by atoms with Gasteiger partial charge in [0.05, 0.1) is 38.0 Å². The fourth-order valence-corrected chi connectivity index (χ4v) is 2.74. The monoisotopic (exact) mass is 514 g/mol. The van der Waals surface area contributed by atoms with Gasteiger partial charge in [-0.1, -0.05) is 37.3 Å². The van der Waals surface area contributed by atoms with Gasteiger partial charge in [0.1, 0.15) is 0 Å². The molecule has 1 heterocycles. The van der Waals surface area contributed by atoms with E-state index >= 15 is 0 Å². The Kier molecular flexibility index (Phi) is 10.5. The second-order valence-electron chi connectivity index (χ2n) is 6.56. The van der Waals surface area contributed by atoms with Gasteiger partial charge in [-0.25, -0.2) is 9.67 Å². The van der Waals surface area contributed by atoms with Crippen molar-refractivity contribution < 1.29 is 9.53 Å². The van der Waals surface area contributed by atoms with Crippen LogP contribution in [0.25, 0.3) is 0 Å². The number of aromatic nitrogens is 2. The number of benzene rings is 1. The summed E-state index contributed by atoms with van der Waals surface area (Å²) in [6.45, 7) is 3.23. The number of hydrogen-bond acceptors (Lipinski definition) is 4. The van der Waals surface area contributed by atoms with Crippen molar-refractivity contribution in [3.8, 4) is 5.88 Å². The van der Waals surface area contributed by atoms with Crippen molar-refractivity contribution >= 4 is 35.8 Å². The fraction of sp³-hybridized carbons (Fsp3) is 0.450. The van der Waals surface area contributed by atoms with Crippen molar-refractivity contribution in [1.82, 2.24) is 25.3 Å². The lowest BCUT2D eigenvalue weighted by molar-refractivity contribution is -0.127. The average molecular weight is 514 g/mol. The van der Waals surface area contributed by atoms with Gasteiger partial charge in [0.2, 0.25) is 11.8 Å². The summed E-state index contributed by atoms with van der Waals surface area (Å²) in [5.74, 6) is 1.26. The molecule has 8 nitrogen and oxygen atoms in total.